The minimum Gasteiger partial charge on any atom is -0.354 e. The molecule has 0 atom stereocenters. The summed E-state index contributed by atoms with van der Waals surface area (Å²) in [6, 6.07) is 8.30. The SMILES string of the molecule is CCCCN(C)C(=NCc1ccc(Br)cc1)NCCn1cnnc1CC.I. The molecule has 0 fully saturated rings. The summed E-state index contributed by atoms with van der Waals surface area (Å²) in [6.45, 7) is 7.58. The molecular weight excluding hydrogens is 519 g/mol. The zero-order valence-electron chi connectivity index (χ0n) is 16.4. The van der Waals surface area contributed by atoms with Gasteiger partial charge in [-0.2, -0.15) is 0 Å². The van der Waals surface area contributed by atoms with Crippen molar-refractivity contribution in [1.82, 2.24) is 25.0 Å². The Balaban J connectivity index is 0.00000364. The fraction of sp³-hybridized carbons (Fsp3) is 0.526. The van der Waals surface area contributed by atoms with E-state index in [9.17, 15) is 0 Å². The third kappa shape index (κ3) is 8.16. The van der Waals surface area contributed by atoms with Gasteiger partial charge in [-0.15, -0.1) is 34.2 Å². The molecule has 0 bridgehead atoms. The minimum absolute atomic E-state index is 0. The van der Waals surface area contributed by atoms with Gasteiger partial charge in [0.25, 0.3) is 0 Å². The second kappa shape index (κ2) is 13.1. The average molecular weight is 549 g/mol. The molecule has 2 rings (SSSR count). The number of rotatable bonds is 9. The number of aliphatic imine (C=N–C) groups is 1. The monoisotopic (exact) mass is 548 g/mol. The highest BCUT2D eigenvalue weighted by molar-refractivity contribution is 14.0. The van der Waals surface area contributed by atoms with Crippen LogP contribution in [0, 0.1) is 0 Å². The van der Waals surface area contributed by atoms with E-state index in [2.05, 4.69) is 86.1 Å². The molecule has 1 aromatic carbocycles. The lowest BCUT2D eigenvalue weighted by Gasteiger charge is -2.22. The van der Waals surface area contributed by atoms with Crippen LogP contribution in [0.5, 0.6) is 0 Å². The number of nitrogens with one attached hydrogen (secondary N) is 1. The van der Waals surface area contributed by atoms with Crippen LogP contribution in [0.3, 0.4) is 0 Å². The Hall–Kier alpha value is -1.16. The molecule has 0 amide bonds. The standard InChI is InChI=1S/C19H29BrN6.HI/c1-4-6-12-25(3)19(22-14-16-7-9-17(20)10-8-16)21-11-13-26-15-23-24-18(26)5-2;/h7-10,15H,4-6,11-14H2,1-3H3,(H,21,22);1H. The fourth-order valence-electron chi connectivity index (χ4n) is 2.60. The molecule has 0 saturated heterocycles. The van der Waals surface area contributed by atoms with Gasteiger partial charge in [0.1, 0.15) is 12.2 Å². The summed E-state index contributed by atoms with van der Waals surface area (Å²) in [5, 5.41) is 11.6. The van der Waals surface area contributed by atoms with Crippen molar-refractivity contribution < 1.29 is 0 Å². The second-order valence-electron chi connectivity index (χ2n) is 6.26. The van der Waals surface area contributed by atoms with Crippen molar-refractivity contribution in [2.75, 3.05) is 20.1 Å². The Morgan fingerprint density at radius 3 is 2.67 bits per heavy atom. The third-order valence-electron chi connectivity index (χ3n) is 4.18. The molecule has 0 saturated carbocycles. The average Bonchev–Trinajstić information content (AvgIpc) is 3.11. The summed E-state index contributed by atoms with van der Waals surface area (Å²) >= 11 is 3.47. The van der Waals surface area contributed by atoms with E-state index in [0.29, 0.717) is 6.54 Å². The van der Waals surface area contributed by atoms with E-state index in [-0.39, 0.29) is 24.0 Å². The predicted octanol–water partition coefficient (Wildman–Crippen LogP) is 4.10. The molecule has 0 aliphatic rings. The lowest BCUT2D eigenvalue weighted by Crippen LogP contribution is -2.41. The van der Waals surface area contributed by atoms with Crippen LogP contribution in [0.4, 0.5) is 0 Å². The molecule has 1 aromatic heterocycles. The van der Waals surface area contributed by atoms with Gasteiger partial charge in [0.15, 0.2) is 5.96 Å². The summed E-state index contributed by atoms with van der Waals surface area (Å²) in [5.74, 6) is 1.95. The maximum atomic E-state index is 4.81. The minimum atomic E-state index is 0. The van der Waals surface area contributed by atoms with Crippen molar-refractivity contribution in [1.29, 1.82) is 0 Å². The van der Waals surface area contributed by atoms with Crippen LogP contribution in [0.15, 0.2) is 40.1 Å². The van der Waals surface area contributed by atoms with E-state index in [1.165, 1.54) is 12.0 Å². The summed E-state index contributed by atoms with van der Waals surface area (Å²) < 4.78 is 3.18. The number of hydrogen-bond donors (Lipinski definition) is 1. The zero-order valence-corrected chi connectivity index (χ0v) is 20.3. The van der Waals surface area contributed by atoms with Crippen LogP contribution in [-0.2, 0) is 19.5 Å². The molecule has 8 heteroatoms. The van der Waals surface area contributed by atoms with Crippen LogP contribution in [0.25, 0.3) is 0 Å². The molecule has 1 heterocycles. The smallest absolute Gasteiger partial charge is 0.194 e. The second-order valence-corrected chi connectivity index (χ2v) is 7.18. The van der Waals surface area contributed by atoms with Crippen LogP contribution in [-0.4, -0.2) is 45.8 Å². The summed E-state index contributed by atoms with van der Waals surface area (Å²) in [7, 11) is 2.10. The number of benzene rings is 1. The fourth-order valence-corrected chi connectivity index (χ4v) is 2.86. The normalized spacial score (nSPS) is 11.2. The third-order valence-corrected chi connectivity index (χ3v) is 4.71. The molecule has 6 nitrogen and oxygen atoms in total. The zero-order chi connectivity index (χ0) is 18.8. The van der Waals surface area contributed by atoms with E-state index < -0.39 is 0 Å². The van der Waals surface area contributed by atoms with Gasteiger partial charge in [-0.3, -0.25) is 0 Å². The number of aromatic nitrogens is 3. The van der Waals surface area contributed by atoms with Gasteiger partial charge < -0.3 is 14.8 Å². The maximum absolute atomic E-state index is 4.81. The quantitative estimate of drug-likeness (QED) is 0.291. The highest BCUT2D eigenvalue weighted by Crippen LogP contribution is 2.11. The largest absolute Gasteiger partial charge is 0.354 e. The van der Waals surface area contributed by atoms with Gasteiger partial charge >= 0.3 is 0 Å². The van der Waals surface area contributed by atoms with Gasteiger partial charge in [0.05, 0.1) is 6.54 Å². The molecule has 1 N–H and O–H groups in total. The van der Waals surface area contributed by atoms with Crippen molar-refractivity contribution in [3.8, 4) is 0 Å². The molecule has 0 radical (unpaired) electrons. The molecule has 150 valence electrons. The lowest BCUT2D eigenvalue weighted by molar-refractivity contribution is 0.459. The van der Waals surface area contributed by atoms with Crippen LogP contribution in [0.2, 0.25) is 0 Å². The lowest BCUT2D eigenvalue weighted by atomic mass is 10.2. The van der Waals surface area contributed by atoms with Crippen LogP contribution < -0.4 is 5.32 Å². The summed E-state index contributed by atoms with van der Waals surface area (Å²) in [6.07, 6.45) is 5.01. The highest BCUT2D eigenvalue weighted by Gasteiger charge is 2.07. The maximum Gasteiger partial charge on any atom is 0.194 e. The van der Waals surface area contributed by atoms with Crippen LogP contribution >= 0.6 is 39.9 Å². The van der Waals surface area contributed by atoms with Crippen molar-refractivity contribution in [3.63, 3.8) is 0 Å². The van der Waals surface area contributed by atoms with E-state index >= 15 is 0 Å². The molecule has 2 aromatic rings. The van der Waals surface area contributed by atoms with E-state index in [1.54, 1.807) is 6.33 Å². The van der Waals surface area contributed by atoms with Gasteiger partial charge in [0.2, 0.25) is 0 Å². The molecule has 0 aliphatic heterocycles. The first-order valence-corrected chi connectivity index (χ1v) is 10.0. The Labute approximate surface area is 188 Å². The molecule has 0 aliphatic carbocycles. The molecule has 27 heavy (non-hydrogen) atoms. The van der Waals surface area contributed by atoms with Crippen molar-refractivity contribution in [3.05, 3.63) is 46.5 Å². The molecule has 0 unspecified atom stereocenters. The number of nitrogens with zero attached hydrogens (tertiary/aromatic N) is 5. The van der Waals surface area contributed by atoms with E-state index in [0.717, 1.165) is 48.7 Å². The molecule has 0 spiro atoms. The Kier molecular flexibility index (Phi) is 11.6. The topological polar surface area (TPSA) is 58.3 Å². The Morgan fingerprint density at radius 2 is 2.00 bits per heavy atom. The summed E-state index contributed by atoms with van der Waals surface area (Å²) in [4.78, 5) is 7.02. The first-order chi connectivity index (χ1) is 12.6. The first-order valence-electron chi connectivity index (χ1n) is 9.24. The Morgan fingerprint density at radius 1 is 1.26 bits per heavy atom. The number of guanidine groups is 1. The number of halogens is 2. The highest BCUT2D eigenvalue weighted by atomic mass is 127. The van der Waals surface area contributed by atoms with E-state index in [1.807, 2.05) is 0 Å². The van der Waals surface area contributed by atoms with Crippen molar-refractivity contribution >= 4 is 45.9 Å². The summed E-state index contributed by atoms with van der Waals surface area (Å²) in [5.41, 5.74) is 1.20. The first kappa shape index (κ1) is 23.9. The van der Waals surface area contributed by atoms with Crippen molar-refractivity contribution in [2.24, 2.45) is 4.99 Å². The van der Waals surface area contributed by atoms with Gasteiger partial charge in [-0.25, -0.2) is 4.99 Å². The van der Waals surface area contributed by atoms with Crippen molar-refractivity contribution in [2.45, 2.75) is 46.2 Å². The van der Waals surface area contributed by atoms with Gasteiger partial charge in [-0.05, 0) is 24.1 Å². The predicted molar refractivity (Wildman–Crippen MR) is 126 cm³/mol. The number of unbranched alkanes of at least 4 members (excludes halogenated alkanes) is 1. The molecular formula is C19H30BrIN6. The van der Waals surface area contributed by atoms with Gasteiger partial charge in [-0.1, -0.05) is 48.3 Å². The van der Waals surface area contributed by atoms with Crippen LogP contribution in [0.1, 0.15) is 38.1 Å². The number of hydrogen-bond acceptors (Lipinski definition) is 3. The van der Waals surface area contributed by atoms with E-state index in [4.69, 9.17) is 4.99 Å². The number of aryl methyl sites for hydroxylation is 1. The Bertz CT molecular complexity index is 686. The van der Waals surface area contributed by atoms with Gasteiger partial charge in [0, 0.05) is 37.6 Å².